The SMILES string of the molecule is CCCCCCN(c1c(F)c(F)c2c(c1F)C(F)=C(F)C2F)c1cccc2c(F)c(F)c(F)c(F)c12. The van der Waals surface area contributed by atoms with Crippen LogP contribution in [0.4, 0.5) is 55.3 Å². The number of alkyl halides is 1. The van der Waals surface area contributed by atoms with Gasteiger partial charge in [0.2, 0.25) is 0 Å². The van der Waals surface area contributed by atoms with Crippen molar-refractivity contribution in [3.63, 3.8) is 0 Å². The Morgan fingerprint density at radius 3 is 2.06 bits per heavy atom. The van der Waals surface area contributed by atoms with Crippen LogP contribution in [0.2, 0.25) is 0 Å². The van der Waals surface area contributed by atoms with Crippen LogP contribution in [0.3, 0.4) is 0 Å². The number of fused-ring (bicyclic) bond motifs is 2. The fourth-order valence-electron chi connectivity index (χ4n) is 4.36. The van der Waals surface area contributed by atoms with Crippen LogP contribution in [0.5, 0.6) is 0 Å². The molecule has 0 aliphatic heterocycles. The highest BCUT2D eigenvalue weighted by Gasteiger charge is 2.42. The van der Waals surface area contributed by atoms with Crippen LogP contribution >= 0.6 is 0 Å². The van der Waals surface area contributed by atoms with Crippen LogP contribution in [-0.4, -0.2) is 6.54 Å². The molecule has 3 aromatic rings. The predicted octanol–water partition coefficient (Wildman–Crippen LogP) is 9.16. The van der Waals surface area contributed by atoms with Crippen molar-refractivity contribution in [1.29, 1.82) is 0 Å². The summed E-state index contributed by atoms with van der Waals surface area (Å²) in [6, 6.07) is 2.92. The first-order valence-electron chi connectivity index (χ1n) is 11.0. The van der Waals surface area contributed by atoms with Crippen molar-refractivity contribution >= 4 is 28.0 Å². The van der Waals surface area contributed by atoms with Crippen molar-refractivity contribution in [2.45, 2.75) is 38.8 Å². The van der Waals surface area contributed by atoms with Crippen LogP contribution in [0.15, 0.2) is 24.0 Å². The van der Waals surface area contributed by atoms with E-state index in [1.54, 1.807) is 0 Å². The zero-order valence-corrected chi connectivity index (χ0v) is 18.6. The molecule has 0 fully saturated rings. The second-order valence-electron chi connectivity index (χ2n) is 8.27. The number of anilines is 2. The van der Waals surface area contributed by atoms with E-state index >= 15 is 8.78 Å². The first-order chi connectivity index (χ1) is 17.0. The summed E-state index contributed by atoms with van der Waals surface area (Å²) in [5.41, 5.74) is -4.96. The van der Waals surface area contributed by atoms with Gasteiger partial charge in [-0.3, -0.25) is 0 Å². The van der Waals surface area contributed by atoms with Gasteiger partial charge in [-0.1, -0.05) is 38.3 Å². The number of hydrogen-bond acceptors (Lipinski definition) is 1. The Hall–Kier alpha value is -3.24. The van der Waals surface area contributed by atoms with Crippen LogP contribution in [0, 0.1) is 40.7 Å². The smallest absolute Gasteiger partial charge is 0.198 e. The van der Waals surface area contributed by atoms with Crippen LogP contribution in [0.1, 0.15) is 49.9 Å². The molecule has 0 amide bonds. The van der Waals surface area contributed by atoms with Crippen molar-refractivity contribution in [1.82, 2.24) is 0 Å². The van der Waals surface area contributed by atoms with Crippen molar-refractivity contribution in [2.75, 3.05) is 11.4 Å². The molecule has 0 N–H and O–H groups in total. The lowest BCUT2D eigenvalue weighted by molar-refractivity contribution is 0.326. The van der Waals surface area contributed by atoms with Gasteiger partial charge in [0.1, 0.15) is 5.69 Å². The summed E-state index contributed by atoms with van der Waals surface area (Å²) in [6.45, 7) is 1.45. The molecule has 0 aromatic heterocycles. The van der Waals surface area contributed by atoms with Gasteiger partial charge < -0.3 is 4.90 Å². The highest BCUT2D eigenvalue weighted by Crippen LogP contribution is 2.50. The summed E-state index contributed by atoms with van der Waals surface area (Å²) in [7, 11) is 0. The fraction of sp³-hybridized carbons (Fsp3) is 0.280. The Kier molecular flexibility index (Phi) is 6.94. The normalized spacial score (nSPS) is 15.2. The van der Waals surface area contributed by atoms with Gasteiger partial charge in [0.25, 0.3) is 0 Å². The molecule has 0 saturated heterocycles. The number of allylic oxidation sites excluding steroid dienone is 1. The summed E-state index contributed by atoms with van der Waals surface area (Å²) in [5, 5.41) is -1.71. The van der Waals surface area contributed by atoms with Gasteiger partial charge >= 0.3 is 0 Å². The zero-order valence-electron chi connectivity index (χ0n) is 18.6. The minimum atomic E-state index is -3.09. The molecule has 0 heterocycles. The number of nitrogens with zero attached hydrogens (tertiary/aromatic N) is 1. The number of benzene rings is 3. The molecule has 1 aliphatic rings. The maximum atomic E-state index is 15.5. The van der Waals surface area contributed by atoms with E-state index in [9.17, 15) is 35.1 Å². The van der Waals surface area contributed by atoms with E-state index in [2.05, 4.69) is 0 Å². The monoisotopic (exact) mass is 521 g/mol. The van der Waals surface area contributed by atoms with Gasteiger partial charge in [-0.15, -0.1) is 0 Å². The van der Waals surface area contributed by atoms with E-state index in [1.165, 1.54) is 0 Å². The Labute approximate surface area is 198 Å². The zero-order chi connectivity index (χ0) is 26.5. The summed E-state index contributed by atoms with van der Waals surface area (Å²) < 4.78 is 145. The Morgan fingerprint density at radius 2 is 1.39 bits per heavy atom. The molecule has 11 heteroatoms. The second kappa shape index (κ2) is 9.67. The van der Waals surface area contributed by atoms with Crippen molar-refractivity contribution < 1.29 is 43.9 Å². The molecule has 4 rings (SSSR count). The highest BCUT2D eigenvalue weighted by molar-refractivity contribution is 5.97. The topological polar surface area (TPSA) is 3.24 Å². The lowest BCUT2D eigenvalue weighted by Crippen LogP contribution is -2.23. The van der Waals surface area contributed by atoms with Crippen molar-refractivity contribution in [2.24, 2.45) is 0 Å². The fourth-order valence-corrected chi connectivity index (χ4v) is 4.36. The molecule has 192 valence electrons. The molecule has 0 saturated carbocycles. The average Bonchev–Trinajstić information content (AvgIpc) is 3.09. The molecule has 1 aliphatic carbocycles. The van der Waals surface area contributed by atoms with Crippen LogP contribution in [-0.2, 0) is 0 Å². The summed E-state index contributed by atoms with van der Waals surface area (Å²) in [5.74, 6) is -18.2. The third kappa shape index (κ3) is 3.79. The van der Waals surface area contributed by atoms with E-state index in [0.29, 0.717) is 17.7 Å². The first-order valence-corrected chi connectivity index (χ1v) is 11.0. The van der Waals surface area contributed by atoms with E-state index in [0.717, 1.165) is 24.6 Å². The maximum Gasteiger partial charge on any atom is 0.198 e. The van der Waals surface area contributed by atoms with Gasteiger partial charge in [-0.05, 0) is 12.5 Å². The minimum Gasteiger partial charge on any atom is -0.336 e. The molecular formula is C25H17F10N. The standard InChI is InChI=1S/C25H17F10N/c1-2-3-4-5-9-36(11-8-6-7-10-12(11)16(27)23(34)21(32)15(10)26)25-20(31)14-13(19(30)24(25)35)17(28)22(33)18(14)29/h6-8,17H,2-5,9H2,1H3. The van der Waals surface area contributed by atoms with E-state index in [-0.39, 0.29) is 6.42 Å². The highest BCUT2D eigenvalue weighted by atomic mass is 19.2. The molecule has 0 bridgehead atoms. The van der Waals surface area contributed by atoms with E-state index in [4.69, 9.17) is 0 Å². The van der Waals surface area contributed by atoms with Crippen LogP contribution < -0.4 is 4.90 Å². The lowest BCUT2D eigenvalue weighted by Gasteiger charge is -2.28. The molecule has 0 spiro atoms. The van der Waals surface area contributed by atoms with Crippen molar-refractivity contribution in [3.8, 4) is 0 Å². The molecule has 1 nitrogen and oxygen atoms in total. The summed E-state index contributed by atoms with van der Waals surface area (Å²) in [6.07, 6.45) is -1.14. The third-order valence-corrected chi connectivity index (χ3v) is 6.11. The molecule has 1 unspecified atom stereocenters. The quantitative estimate of drug-likeness (QED) is 0.130. The number of halogens is 10. The van der Waals surface area contributed by atoms with Crippen LogP contribution in [0.25, 0.3) is 16.6 Å². The van der Waals surface area contributed by atoms with Gasteiger partial charge in [0.05, 0.1) is 11.3 Å². The minimum absolute atomic E-state index is 0.133. The van der Waals surface area contributed by atoms with Gasteiger partial charge in [-0.2, -0.15) is 0 Å². The predicted molar refractivity (Wildman–Crippen MR) is 114 cm³/mol. The Morgan fingerprint density at radius 1 is 0.722 bits per heavy atom. The van der Waals surface area contributed by atoms with E-state index in [1.807, 2.05) is 6.92 Å². The molecule has 36 heavy (non-hydrogen) atoms. The van der Waals surface area contributed by atoms with Gasteiger partial charge in [-0.25, -0.2) is 43.9 Å². The van der Waals surface area contributed by atoms with Crippen molar-refractivity contribution in [3.05, 3.63) is 75.9 Å². The van der Waals surface area contributed by atoms with E-state index < -0.39 is 98.4 Å². The molecule has 3 aromatic carbocycles. The Bertz CT molecular complexity index is 1400. The third-order valence-electron chi connectivity index (χ3n) is 6.11. The summed E-state index contributed by atoms with van der Waals surface area (Å²) in [4.78, 5) is 0.600. The second-order valence-corrected chi connectivity index (χ2v) is 8.27. The van der Waals surface area contributed by atoms with Gasteiger partial charge in [0, 0.05) is 22.9 Å². The maximum absolute atomic E-state index is 15.5. The lowest BCUT2D eigenvalue weighted by atomic mass is 10.0. The van der Waals surface area contributed by atoms with Gasteiger partial charge in [0.15, 0.2) is 58.5 Å². The number of rotatable bonds is 7. The molecule has 1 atom stereocenters. The number of hydrogen-bond donors (Lipinski definition) is 0. The molecule has 0 radical (unpaired) electrons. The average molecular weight is 521 g/mol. The summed E-state index contributed by atoms with van der Waals surface area (Å²) >= 11 is 0. The largest absolute Gasteiger partial charge is 0.336 e. The first kappa shape index (κ1) is 25.8. The molecular weight excluding hydrogens is 504 g/mol. The number of unbranched alkanes of at least 4 members (excludes halogenated alkanes) is 3. The Balaban J connectivity index is 2.04.